The van der Waals surface area contributed by atoms with Crippen LogP contribution in [-0.4, -0.2) is 38.5 Å². The van der Waals surface area contributed by atoms with E-state index in [9.17, 15) is 29.4 Å². The average Bonchev–Trinajstić information content (AvgIpc) is 2.92. The first-order valence-corrected chi connectivity index (χ1v) is 9.53. The molecule has 1 fully saturated rings. The quantitative estimate of drug-likeness (QED) is 0.641. The van der Waals surface area contributed by atoms with Crippen LogP contribution in [-0.2, 0) is 9.59 Å². The Hall–Kier alpha value is -3.33. The monoisotopic (exact) mass is 414 g/mol. The smallest absolute Gasteiger partial charge is 0.337 e. The number of carbonyl (C=O) groups excluding carboxylic acids is 3. The number of hydrogen-bond acceptors (Lipinski definition) is 6. The third kappa shape index (κ3) is 4.24. The number of amides is 3. The maximum Gasteiger partial charge on any atom is 0.337 e. The fraction of sp³-hybridized carbons (Fsp3) is 0.200. The minimum Gasteiger partial charge on any atom is -0.508 e. The second kappa shape index (κ2) is 7.96. The first kappa shape index (κ1) is 20.4. The van der Waals surface area contributed by atoms with Crippen molar-refractivity contribution in [3.05, 3.63) is 53.1 Å². The van der Waals surface area contributed by atoms with E-state index in [1.54, 1.807) is 12.1 Å². The van der Waals surface area contributed by atoms with Crippen molar-refractivity contribution in [3.63, 3.8) is 0 Å². The Labute approximate surface area is 170 Å². The Balaban J connectivity index is 1.73. The van der Waals surface area contributed by atoms with E-state index in [2.05, 4.69) is 5.32 Å². The van der Waals surface area contributed by atoms with E-state index in [1.165, 1.54) is 12.1 Å². The lowest BCUT2D eigenvalue weighted by Crippen LogP contribution is -2.33. The van der Waals surface area contributed by atoms with Gasteiger partial charge in [-0.05, 0) is 67.1 Å². The number of phenols is 1. The van der Waals surface area contributed by atoms with Crippen molar-refractivity contribution in [1.82, 2.24) is 0 Å². The van der Waals surface area contributed by atoms with Crippen molar-refractivity contribution in [2.75, 3.05) is 10.2 Å². The van der Waals surface area contributed by atoms with Crippen molar-refractivity contribution >= 4 is 46.2 Å². The van der Waals surface area contributed by atoms with E-state index < -0.39 is 28.3 Å². The highest BCUT2D eigenvalue weighted by atomic mass is 32.2. The molecule has 3 rings (SSSR count). The van der Waals surface area contributed by atoms with Crippen LogP contribution in [0.4, 0.5) is 16.2 Å². The molecule has 0 radical (unpaired) electrons. The second-order valence-electron chi connectivity index (χ2n) is 6.60. The zero-order chi connectivity index (χ0) is 21.3. The van der Waals surface area contributed by atoms with Crippen molar-refractivity contribution in [3.8, 4) is 5.75 Å². The Morgan fingerprint density at radius 3 is 2.48 bits per heavy atom. The molecule has 1 aliphatic heterocycles. The summed E-state index contributed by atoms with van der Waals surface area (Å²) < 4.78 is 0. The summed E-state index contributed by atoms with van der Waals surface area (Å²) in [5.41, 5.74) is 2.12. The number of rotatable bonds is 5. The average molecular weight is 414 g/mol. The van der Waals surface area contributed by atoms with Gasteiger partial charge in [-0.3, -0.25) is 14.4 Å². The Bertz CT molecular complexity index is 1040. The largest absolute Gasteiger partial charge is 0.508 e. The molecule has 0 aromatic heterocycles. The van der Waals surface area contributed by atoms with E-state index in [0.29, 0.717) is 5.69 Å². The van der Waals surface area contributed by atoms with Gasteiger partial charge in [0.1, 0.15) is 11.0 Å². The van der Waals surface area contributed by atoms with Crippen LogP contribution in [0.25, 0.3) is 0 Å². The number of aromatic hydroxyl groups is 1. The summed E-state index contributed by atoms with van der Waals surface area (Å²) in [7, 11) is 0. The molecule has 8 nitrogen and oxygen atoms in total. The van der Waals surface area contributed by atoms with Crippen LogP contribution in [0.2, 0.25) is 0 Å². The van der Waals surface area contributed by atoms with E-state index in [-0.39, 0.29) is 23.4 Å². The molecule has 9 heteroatoms. The van der Waals surface area contributed by atoms with E-state index in [1.807, 2.05) is 19.9 Å². The van der Waals surface area contributed by atoms with Gasteiger partial charge in [0.25, 0.3) is 5.24 Å². The molecule has 1 unspecified atom stereocenters. The lowest BCUT2D eigenvalue weighted by atomic mass is 10.1. The number of imide groups is 1. The standard InChI is InChI=1S/C20H18N2O6S/c1-10-3-4-12(7-11(10)2)22-18(25)16(29-20(22)28)9-17(24)21-15-6-5-13(23)8-14(15)19(26)27/h3-8,16,23H,9H2,1-2H3,(H,21,24)(H,26,27). The van der Waals surface area contributed by atoms with Gasteiger partial charge in [0.2, 0.25) is 11.8 Å². The summed E-state index contributed by atoms with van der Waals surface area (Å²) >= 11 is 0.759. The maximum atomic E-state index is 12.7. The number of thioether (sulfide) groups is 1. The molecular formula is C20H18N2O6S. The van der Waals surface area contributed by atoms with Crippen LogP contribution in [0.1, 0.15) is 27.9 Å². The molecule has 0 aliphatic carbocycles. The first-order valence-electron chi connectivity index (χ1n) is 8.65. The second-order valence-corrected chi connectivity index (χ2v) is 7.76. The van der Waals surface area contributed by atoms with E-state index in [0.717, 1.165) is 33.9 Å². The molecule has 1 heterocycles. The molecule has 0 bridgehead atoms. The molecule has 0 saturated carbocycles. The highest BCUT2D eigenvalue weighted by Crippen LogP contribution is 2.34. The van der Waals surface area contributed by atoms with Crippen LogP contribution < -0.4 is 10.2 Å². The number of carbonyl (C=O) groups is 4. The molecule has 0 spiro atoms. The number of carboxylic acid groups (broad SMARTS) is 1. The predicted molar refractivity (Wildman–Crippen MR) is 108 cm³/mol. The molecule has 1 saturated heterocycles. The summed E-state index contributed by atoms with van der Waals surface area (Å²) in [5, 5.41) is 19.7. The topological polar surface area (TPSA) is 124 Å². The number of aromatic carboxylic acids is 1. The number of nitrogens with zero attached hydrogens (tertiary/aromatic N) is 1. The van der Waals surface area contributed by atoms with Crippen molar-refractivity contribution < 1.29 is 29.4 Å². The number of phenolic OH excluding ortho intramolecular Hbond substituents is 1. The van der Waals surface area contributed by atoms with Gasteiger partial charge < -0.3 is 15.5 Å². The number of carboxylic acids is 1. The van der Waals surface area contributed by atoms with Crippen molar-refractivity contribution in [1.29, 1.82) is 0 Å². The third-order valence-electron chi connectivity index (χ3n) is 4.55. The van der Waals surface area contributed by atoms with Gasteiger partial charge in [-0.1, -0.05) is 6.07 Å². The zero-order valence-electron chi connectivity index (χ0n) is 15.6. The van der Waals surface area contributed by atoms with Crippen LogP contribution in [0.5, 0.6) is 5.75 Å². The highest BCUT2D eigenvalue weighted by Gasteiger charge is 2.41. The SMILES string of the molecule is Cc1ccc(N2C(=O)SC(CC(=O)Nc3ccc(O)cc3C(=O)O)C2=O)cc1C. The number of benzene rings is 2. The van der Waals surface area contributed by atoms with Gasteiger partial charge in [0.05, 0.1) is 16.9 Å². The van der Waals surface area contributed by atoms with E-state index >= 15 is 0 Å². The number of aryl methyl sites for hydroxylation is 2. The lowest BCUT2D eigenvalue weighted by Gasteiger charge is -2.15. The molecular weight excluding hydrogens is 396 g/mol. The van der Waals surface area contributed by atoms with Crippen LogP contribution in [0.15, 0.2) is 36.4 Å². The summed E-state index contributed by atoms with van der Waals surface area (Å²) in [5.74, 6) is -2.68. The Morgan fingerprint density at radius 1 is 1.10 bits per heavy atom. The summed E-state index contributed by atoms with van der Waals surface area (Å²) in [6.07, 6.45) is -0.295. The molecule has 29 heavy (non-hydrogen) atoms. The number of hydrogen-bond donors (Lipinski definition) is 3. The van der Waals surface area contributed by atoms with Gasteiger partial charge in [0.15, 0.2) is 0 Å². The summed E-state index contributed by atoms with van der Waals surface area (Å²) in [6, 6.07) is 8.74. The molecule has 1 atom stereocenters. The van der Waals surface area contributed by atoms with Gasteiger partial charge >= 0.3 is 5.97 Å². The Morgan fingerprint density at radius 2 is 1.83 bits per heavy atom. The van der Waals surface area contributed by atoms with E-state index in [4.69, 9.17) is 0 Å². The van der Waals surface area contributed by atoms with Gasteiger partial charge in [-0.2, -0.15) is 0 Å². The number of anilines is 2. The van der Waals surface area contributed by atoms with Crippen molar-refractivity contribution in [2.45, 2.75) is 25.5 Å². The van der Waals surface area contributed by atoms with Crippen molar-refractivity contribution in [2.24, 2.45) is 0 Å². The third-order valence-corrected chi connectivity index (χ3v) is 5.59. The fourth-order valence-corrected chi connectivity index (χ4v) is 3.86. The Kier molecular flexibility index (Phi) is 5.60. The van der Waals surface area contributed by atoms with Crippen LogP contribution >= 0.6 is 11.8 Å². The van der Waals surface area contributed by atoms with Gasteiger partial charge in [0, 0.05) is 6.42 Å². The summed E-state index contributed by atoms with van der Waals surface area (Å²) in [6.45, 7) is 3.79. The number of nitrogens with one attached hydrogen (secondary N) is 1. The minimum absolute atomic E-state index is 0.00640. The first-order chi connectivity index (χ1) is 13.7. The summed E-state index contributed by atoms with van der Waals surface area (Å²) in [4.78, 5) is 49.7. The fourth-order valence-electron chi connectivity index (χ4n) is 2.87. The predicted octanol–water partition coefficient (Wildman–Crippen LogP) is 3.30. The normalized spacial score (nSPS) is 16.2. The highest BCUT2D eigenvalue weighted by molar-refractivity contribution is 8.15. The van der Waals surface area contributed by atoms with Crippen LogP contribution in [0, 0.1) is 13.8 Å². The molecule has 2 aromatic carbocycles. The molecule has 1 aliphatic rings. The molecule has 150 valence electrons. The zero-order valence-corrected chi connectivity index (χ0v) is 16.4. The molecule has 2 aromatic rings. The molecule has 3 amide bonds. The molecule has 3 N–H and O–H groups in total. The van der Waals surface area contributed by atoms with Gasteiger partial charge in [-0.25, -0.2) is 9.69 Å². The van der Waals surface area contributed by atoms with Gasteiger partial charge in [-0.15, -0.1) is 0 Å². The maximum absolute atomic E-state index is 12.7. The minimum atomic E-state index is -1.32. The lowest BCUT2D eigenvalue weighted by molar-refractivity contribution is -0.121. The van der Waals surface area contributed by atoms with Crippen LogP contribution in [0.3, 0.4) is 0 Å².